The van der Waals surface area contributed by atoms with E-state index in [1.54, 1.807) is 12.1 Å². The number of hydrogen-bond donors (Lipinski definition) is 2. The van der Waals surface area contributed by atoms with Crippen LogP contribution in [0.5, 0.6) is 0 Å². The molecule has 0 aromatic heterocycles. The number of carbonyl (C=O) groups excluding carboxylic acids is 1. The predicted octanol–water partition coefficient (Wildman–Crippen LogP) is 3.49. The number of rotatable bonds is 7. The third-order valence-electron chi connectivity index (χ3n) is 5.35. The number of nitrogens with zero attached hydrogens (tertiary/aromatic N) is 1. The maximum Gasteiger partial charge on any atom is 0.224 e. The molecule has 3 rings (SSSR count). The van der Waals surface area contributed by atoms with E-state index in [2.05, 4.69) is 10.2 Å². The quantitative estimate of drug-likeness (QED) is 0.667. The van der Waals surface area contributed by atoms with Gasteiger partial charge in [-0.1, -0.05) is 49.4 Å². The van der Waals surface area contributed by atoms with Crippen LogP contribution in [-0.4, -0.2) is 43.7 Å². The van der Waals surface area contributed by atoms with Gasteiger partial charge in [0.15, 0.2) is 0 Å². The van der Waals surface area contributed by atoms with Crippen LogP contribution < -0.4 is 11.1 Å². The minimum Gasteiger partial charge on any atom is -0.379 e. The van der Waals surface area contributed by atoms with Crippen LogP contribution in [0.15, 0.2) is 54.6 Å². The molecule has 1 amide bonds. The standard InChI is InChI=1S/C22H28FN3O2.2ClH/c1-16(21(24)18-5-3-2-4-6-18)22(27)25-15-20(26-11-13-28-14-12-26)17-7-9-19(23)10-8-17;;/h2-10,16,20-21H,11-15,24H2,1H3,(H,25,27);2*1H. The van der Waals surface area contributed by atoms with Gasteiger partial charge in [-0.3, -0.25) is 9.69 Å². The Morgan fingerprint density at radius 1 is 1.07 bits per heavy atom. The van der Waals surface area contributed by atoms with Gasteiger partial charge in [-0.05, 0) is 23.3 Å². The van der Waals surface area contributed by atoms with Crippen molar-refractivity contribution in [2.75, 3.05) is 32.8 Å². The molecule has 0 radical (unpaired) electrons. The summed E-state index contributed by atoms with van der Waals surface area (Å²) in [6.45, 7) is 5.14. The molecule has 30 heavy (non-hydrogen) atoms. The van der Waals surface area contributed by atoms with Gasteiger partial charge in [0.2, 0.25) is 5.91 Å². The van der Waals surface area contributed by atoms with Crippen LogP contribution in [0.1, 0.15) is 30.1 Å². The van der Waals surface area contributed by atoms with Gasteiger partial charge in [0, 0.05) is 25.7 Å². The molecule has 0 saturated carbocycles. The third kappa shape index (κ3) is 6.93. The normalized spacial score (nSPS) is 17.0. The number of nitrogens with two attached hydrogens (primary N) is 1. The number of amides is 1. The van der Waals surface area contributed by atoms with E-state index in [1.165, 1.54) is 12.1 Å². The van der Waals surface area contributed by atoms with Crippen LogP contribution >= 0.6 is 24.8 Å². The maximum absolute atomic E-state index is 13.3. The number of carbonyl (C=O) groups is 1. The average molecular weight is 458 g/mol. The zero-order valence-corrected chi connectivity index (χ0v) is 18.6. The van der Waals surface area contributed by atoms with Crippen molar-refractivity contribution in [1.82, 2.24) is 10.2 Å². The Kier molecular flexibility index (Phi) is 11.3. The summed E-state index contributed by atoms with van der Waals surface area (Å²) in [4.78, 5) is 15.0. The van der Waals surface area contributed by atoms with E-state index in [1.807, 2.05) is 37.3 Å². The zero-order chi connectivity index (χ0) is 19.9. The first kappa shape index (κ1) is 26.3. The lowest BCUT2D eigenvalue weighted by Crippen LogP contribution is -2.45. The molecule has 166 valence electrons. The summed E-state index contributed by atoms with van der Waals surface area (Å²) in [6.07, 6.45) is 0. The van der Waals surface area contributed by atoms with Gasteiger partial charge in [-0.15, -0.1) is 24.8 Å². The van der Waals surface area contributed by atoms with Crippen molar-refractivity contribution < 1.29 is 13.9 Å². The average Bonchev–Trinajstić information content (AvgIpc) is 2.75. The first-order chi connectivity index (χ1) is 13.6. The van der Waals surface area contributed by atoms with Gasteiger partial charge < -0.3 is 15.8 Å². The zero-order valence-electron chi connectivity index (χ0n) is 17.0. The summed E-state index contributed by atoms with van der Waals surface area (Å²) in [7, 11) is 0. The second kappa shape index (κ2) is 12.9. The van der Waals surface area contributed by atoms with E-state index in [0.717, 1.165) is 24.2 Å². The van der Waals surface area contributed by atoms with Crippen LogP contribution in [-0.2, 0) is 9.53 Å². The molecular formula is C22H30Cl2FN3O2. The molecule has 0 aliphatic carbocycles. The van der Waals surface area contributed by atoms with Crippen LogP contribution in [0.25, 0.3) is 0 Å². The fourth-order valence-corrected chi connectivity index (χ4v) is 3.52. The summed E-state index contributed by atoms with van der Waals surface area (Å²) in [5, 5.41) is 3.05. The van der Waals surface area contributed by atoms with Crippen LogP contribution in [0.2, 0.25) is 0 Å². The Morgan fingerprint density at radius 3 is 2.27 bits per heavy atom. The van der Waals surface area contributed by atoms with E-state index in [-0.39, 0.29) is 54.5 Å². The molecule has 2 aromatic rings. The first-order valence-corrected chi connectivity index (χ1v) is 9.72. The van der Waals surface area contributed by atoms with Gasteiger partial charge in [0.25, 0.3) is 0 Å². The number of hydrogen-bond acceptors (Lipinski definition) is 4. The topological polar surface area (TPSA) is 67.6 Å². The Morgan fingerprint density at radius 2 is 1.67 bits per heavy atom. The number of morpholine rings is 1. The van der Waals surface area contributed by atoms with Gasteiger partial charge in [0.05, 0.1) is 25.2 Å². The highest BCUT2D eigenvalue weighted by atomic mass is 35.5. The van der Waals surface area contributed by atoms with Crippen LogP contribution in [0.3, 0.4) is 0 Å². The minimum atomic E-state index is -0.367. The Balaban J connectivity index is 0.00000225. The van der Waals surface area contributed by atoms with Crippen molar-refractivity contribution >= 4 is 30.7 Å². The number of ether oxygens (including phenoxy) is 1. The molecule has 0 spiro atoms. The molecule has 3 unspecified atom stereocenters. The summed E-state index contributed by atoms with van der Waals surface area (Å²) in [6, 6.07) is 15.7. The smallest absolute Gasteiger partial charge is 0.224 e. The molecule has 8 heteroatoms. The lowest BCUT2D eigenvalue weighted by Gasteiger charge is -2.35. The van der Waals surface area contributed by atoms with Gasteiger partial charge in [0.1, 0.15) is 5.82 Å². The Hall–Kier alpha value is -1.70. The second-order valence-electron chi connectivity index (χ2n) is 7.19. The van der Waals surface area contributed by atoms with E-state index >= 15 is 0 Å². The highest BCUT2D eigenvalue weighted by Gasteiger charge is 2.26. The van der Waals surface area contributed by atoms with Crippen molar-refractivity contribution in [2.24, 2.45) is 11.7 Å². The monoisotopic (exact) mass is 457 g/mol. The minimum absolute atomic E-state index is 0. The molecule has 1 aliphatic heterocycles. The van der Waals surface area contributed by atoms with E-state index < -0.39 is 0 Å². The molecule has 1 heterocycles. The molecule has 1 fully saturated rings. The van der Waals surface area contributed by atoms with E-state index in [0.29, 0.717) is 19.8 Å². The molecule has 3 N–H and O–H groups in total. The summed E-state index contributed by atoms with van der Waals surface area (Å²) in [5.41, 5.74) is 8.20. The fourth-order valence-electron chi connectivity index (χ4n) is 3.52. The largest absolute Gasteiger partial charge is 0.379 e. The first-order valence-electron chi connectivity index (χ1n) is 9.72. The lowest BCUT2D eigenvalue weighted by molar-refractivity contribution is -0.125. The lowest BCUT2D eigenvalue weighted by atomic mass is 9.94. The highest BCUT2D eigenvalue weighted by molar-refractivity contribution is 5.85. The predicted molar refractivity (Wildman–Crippen MR) is 122 cm³/mol. The molecule has 2 aromatic carbocycles. The summed E-state index contributed by atoms with van der Waals surface area (Å²) >= 11 is 0. The molecular weight excluding hydrogens is 428 g/mol. The van der Waals surface area contributed by atoms with E-state index in [9.17, 15) is 9.18 Å². The molecule has 0 bridgehead atoms. The van der Waals surface area contributed by atoms with Crippen molar-refractivity contribution in [3.05, 3.63) is 71.5 Å². The van der Waals surface area contributed by atoms with Crippen LogP contribution in [0.4, 0.5) is 4.39 Å². The maximum atomic E-state index is 13.3. The second-order valence-corrected chi connectivity index (χ2v) is 7.19. The van der Waals surface area contributed by atoms with Crippen molar-refractivity contribution in [2.45, 2.75) is 19.0 Å². The third-order valence-corrected chi connectivity index (χ3v) is 5.35. The van der Waals surface area contributed by atoms with Gasteiger partial charge in [-0.25, -0.2) is 4.39 Å². The summed E-state index contributed by atoms with van der Waals surface area (Å²) in [5.74, 6) is -0.714. The van der Waals surface area contributed by atoms with Crippen LogP contribution in [0, 0.1) is 11.7 Å². The fraction of sp³-hybridized carbons (Fsp3) is 0.409. The van der Waals surface area contributed by atoms with Gasteiger partial charge >= 0.3 is 0 Å². The number of nitrogens with one attached hydrogen (secondary N) is 1. The van der Waals surface area contributed by atoms with E-state index in [4.69, 9.17) is 10.5 Å². The molecule has 1 aliphatic rings. The summed E-state index contributed by atoms with van der Waals surface area (Å²) < 4.78 is 18.8. The SMILES string of the molecule is CC(C(=O)NCC(c1ccc(F)cc1)N1CCOCC1)C(N)c1ccccc1.Cl.Cl. The van der Waals surface area contributed by atoms with Crippen molar-refractivity contribution in [3.63, 3.8) is 0 Å². The molecule has 5 nitrogen and oxygen atoms in total. The van der Waals surface area contributed by atoms with Crippen molar-refractivity contribution in [1.29, 1.82) is 0 Å². The highest BCUT2D eigenvalue weighted by Crippen LogP contribution is 2.23. The van der Waals surface area contributed by atoms with Gasteiger partial charge in [-0.2, -0.15) is 0 Å². The molecule has 1 saturated heterocycles. The number of halogens is 3. The number of benzene rings is 2. The van der Waals surface area contributed by atoms with Crippen molar-refractivity contribution in [3.8, 4) is 0 Å². The molecule has 3 atom stereocenters. The Labute approximate surface area is 190 Å². The Bertz CT molecular complexity index is 759.